The monoisotopic (exact) mass is 226 g/mol. The zero-order valence-electron chi connectivity index (χ0n) is 9.10. The molecule has 5 nitrogen and oxygen atoms in total. The minimum atomic E-state index is -0.530. The molecule has 0 radical (unpaired) electrons. The van der Waals surface area contributed by atoms with Crippen LogP contribution in [-0.4, -0.2) is 24.0 Å². The van der Waals surface area contributed by atoms with Crippen LogP contribution in [-0.2, 0) is 23.9 Å². The zero-order valence-corrected chi connectivity index (χ0v) is 9.10. The molecule has 0 aromatic rings. The van der Waals surface area contributed by atoms with Crippen LogP contribution in [0.1, 0.15) is 26.2 Å². The van der Waals surface area contributed by atoms with Crippen molar-refractivity contribution in [1.29, 1.82) is 0 Å². The fourth-order valence-electron chi connectivity index (χ4n) is 1.53. The highest BCUT2D eigenvalue weighted by atomic mass is 16.6. The Morgan fingerprint density at radius 3 is 2.81 bits per heavy atom. The van der Waals surface area contributed by atoms with E-state index in [0.29, 0.717) is 12.8 Å². The molecule has 88 valence electrons. The third-order valence-corrected chi connectivity index (χ3v) is 2.41. The van der Waals surface area contributed by atoms with Crippen molar-refractivity contribution in [3.63, 3.8) is 0 Å². The topological polar surface area (TPSA) is 69.7 Å². The van der Waals surface area contributed by atoms with Crippen LogP contribution in [0.15, 0.2) is 12.7 Å². The smallest absolute Gasteiger partial charge is 0.330 e. The number of hydrogen-bond acceptors (Lipinski definition) is 5. The largest absolute Gasteiger partial charge is 0.459 e. The maximum absolute atomic E-state index is 11.2. The molecular weight excluding hydrogens is 212 g/mol. The van der Waals surface area contributed by atoms with E-state index in [2.05, 4.69) is 11.3 Å². The summed E-state index contributed by atoms with van der Waals surface area (Å²) in [5.74, 6) is -2.06. The molecule has 16 heavy (non-hydrogen) atoms. The number of carbonyl (C=O) groups excluding carboxylic acids is 3. The Labute approximate surface area is 93.4 Å². The third-order valence-electron chi connectivity index (χ3n) is 2.41. The Balaban J connectivity index is 2.50. The van der Waals surface area contributed by atoms with E-state index in [4.69, 9.17) is 4.74 Å². The van der Waals surface area contributed by atoms with E-state index in [0.717, 1.165) is 6.08 Å². The number of ether oxygens (including phenoxy) is 2. The van der Waals surface area contributed by atoms with Gasteiger partial charge >= 0.3 is 17.9 Å². The van der Waals surface area contributed by atoms with Crippen LogP contribution in [0.3, 0.4) is 0 Å². The molecule has 5 heteroatoms. The molecule has 0 aromatic carbocycles. The van der Waals surface area contributed by atoms with E-state index in [1.807, 2.05) is 6.92 Å². The molecule has 0 aliphatic carbocycles. The first-order chi connectivity index (χ1) is 7.56. The summed E-state index contributed by atoms with van der Waals surface area (Å²) in [7, 11) is 0. The van der Waals surface area contributed by atoms with E-state index in [1.165, 1.54) is 0 Å². The second-order valence-electron chi connectivity index (χ2n) is 3.60. The van der Waals surface area contributed by atoms with Gasteiger partial charge in [-0.2, -0.15) is 0 Å². The lowest BCUT2D eigenvalue weighted by Gasteiger charge is -2.16. The van der Waals surface area contributed by atoms with E-state index >= 15 is 0 Å². The second kappa shape index (κ2) is 5.44. The van der Waals surface area contributed by atoms with Gasteiger partial charge in [-0.3, -0.25) is 9.59 Å². The predicted molar refractivity (Wildman–Crippen MR) is 54.2 cm³/mol. The average Bonchev–Trinajstić information content (AvgIpc) is 2.56. The summed E-state index contributed by atoms with van der Waals surface area (Å²) in [4.78, 5) is 33.0. The van der Waals surface area contributed by atoms with Crippen LogP contribution in [0, 0.1) is 5.92 Å². The fourth-order valence-corrected chi connectivity index (χ4v) is 1.53. The molecule has 1 rings (SSSR count). The fraction of sp³-hybridized carbons (Fsp3) is 0.545. The Bertz CT molecular complexity index is 320. The van der Waals surface area contributed by atoms with Gasteiger partial charge in [0.1, 0.15) is 6.10 Å². The summed E-state index contributed by atoms with van der Waals surface area (Å²) in [5.41, 5.74) is 0. The number of cyclic esters (lactones) is 2. The number of rotatable bonds is 5. The first-order valence-corrected chi connectivity index (χ1v) is 5.14. The number of carbonyl (C=O) groups is 3. The molecule has 1 aliphatic heterocycles. The normalized spacial score (nSPS) is 21.4. The molecule has 0 spiro atoms. The van der Waals surface area contributed by atoms with Gasteiger partial charge in [0.15, 0.2) is 0 Å². The van der Waals surface area contributed by atoms with E-state index < -0.39 is 23.8 Å². The number of esters is 3. The van der Waals surface area contributed by atoms with Crippen molar-refractivity contribution in [1.82, 2.24) is 0 Å². The molecular formula is C11H14O5. The highest BCUT2D eigenvalue weighted by molar-refractivity contribution is 5.94. The van der Waals surface area contributed by atoms with Gasteiger partial charge in [0.2, 0.25) is 0 Å². The molecule has 1 heterocycles. The molecule has 0 N–H and O–H groups in total. The van der Waals surface area contributed by atoms with Crippen molar-refractivity contribution in [3.8, 4) is 0 Å². The quantitative estimate of drug-likeness (QED) is 0.397. The van der Waals surface area contributed by atoms with Crippen LogP contribution in [0.5, 0.6) is 0 Å². The van der Waals surface area contributed by atoms with Crippen LogP contribution in [0.25, 0.3) is 0 Å². The molecule has 1 aliphatic rings. The second-order valence-corrected chi connectivity index (χ2v) is 3.60. The Morgan fingerprint density at radius 2 is 2.38 bits per heavy atom. The van der Waals surface area contributed by atoms with Crippen LogP contribution < -0.4 is 0 Å². The molecule has 0 bridgehead atoms. The first kappa shape index (κ1) is 12.4. The molecule has 0 saturated carbocycles. The lowest BCUT2D eigenvalue weighted by Crippen LogP contribution is -2.22. The SMILES string of the molecule is C=CC(=O)OC(CC)CC1CC(=O)OC1=O. The van der Waals surface area contributed by atoms with Crippen LogP contribution >= 0.6 is 0 Å². The average molecular weight is 226 g/mol. The van der Waals surface area contributed by atoms with Crippen LogP contribution in [0.2, 0.25) is 0 Å². The van der Waals surface area contributed by atoms with Crippen molar-refractivity contribution in [2.75, 3.05) is 0 Å². The van der Waals surface area contributed by atoms with Gasteiger partial charge in [-0.25, -0.2) is 4.79 Å². The standard InChI is InChI=1S/C11H14O5/c1-3-8(15-9(12)4-2)5-7-6-10(13)16-11(7)14/h4,7-8H,2-3,5-6H2,1H3. The van der Waals surface area contributed by atoms with Gasteiger partial charge in [-0.05, 0) is 12.8 Å². The van der Waals surface area contributed by atoms with Gasteiger partial charge in [0.05, 0.1) is 12.3 Å². The first-order valence-electron chi connectivity index (χ1n) is 5.14. The van der Waals surface area contributed by atoms with Gasteiger partial charge in [-0.1, -0.05) is 13.5 Å². The Hall–Kier alpha value is -1.65. The highest BCUT2D eigenvalue weighted by Crippen LogP contribution is 2.23. The summed E-state index contributed by atoms with van der Waals surface area (Å²) in [6.07, 6.45) is 1.66. The minimum Gasteiger partial charge on any atom is -0.459 e. The van der Waals surface area contributed by atoms with Gasteiger partial charge < -0.3 is 9.47 Å². The summed E-state index contributed by atoms with van der Waals surface area (Å²) >= 11 is 0. The maximum Gasteiger partial charge on any atom is 0.330 e. The molecule has 0 aromatic heterocycles. The van der Waals surface area contributed by atoms with E-state index in [-0.39, 0.29) is 12.5 Å². The molecule has 1 saturated heterocycles. The van der Waals surface area contributed by atoms with E-state index in [9.17, 15) is 14.4 Å². The van der Waals surface area contributed by atoms with Crippen molar-refractivity contribution >= 4 is 17.9 Å². The number of hydrogen-bond donors (Lipinski definition) is 0. The summed E-state index contributed by atoms with van der Waals surface area (Å²) in [5, 5.41) is 0. The van der Waals surface area contributed by atoms with Crippen LogP contribution in [0.4, 0.5) is 0 Å². The van der Waals surface area contributed by atoms with Gasteiger partial charge in [-0.15, -0.1) is 0 Å². The minimum absolute atomic E-state index is 0.0704. The summed E-state index contributed by atoms with van der Waals surface area (Å²) in [6.45, 7) is 5.12. The van der Waals surface area contributed by atoms with Crippen molar-refractivity contribution in [2.45, 2.75) is 32.3 Å². The van der Waals surface area contributed by atoms with E-state index in [1.54, 1.807) is 0 Å². The van der Waals surface area contributed by atoms with Crippen molar-refractivity contribution in [3.05, 3.63) is 12.7 Å². The highest BCUT2D eigenvalue weighted by Gasteiger charge is 2.35. The molecule has 1 fully saturated rings. The lowest BCUT2D eigenvalue weighted by atomic mass is 9.99. The van der Waals surface area contributed by atoms with Crippen molar-refractivity contribution < 1.29 is 23.9 Å². The molecule has 2 unspecified atom stereocenters. The van der Waals surface area contributed by atoms with Gasteiger partial charge in [0.25, 0.3) is 0 Å². The lowest BCUT2D eigenvalue weighted by molar-refractivity contribution is -0.154. The maximum atomic E-state index is 11.2. The molecule has 0 amide bonds. The Morgan fingerprint density at radius 1 is 1.69 bits per heavy atom. The summed E-state index contributed by atoms with van der Waals surface area (Å²) in [6, 6.07) is 0. The zero-order chi connectivity index (χ0) is 12.1. The van der Waals surface area contributed by atoms with Gasteiger partial charge in [0, 0.05) is 6.08 Å². The third kappa shape index (κ3) is 3.18. The molecule has 2 atom stereocenters. The Kier molecular flexibility index (Phi) is 4.22. The summed E-state index contributed by atoms with van der Waals surface area (Å²) < 4.78 is 9.43. The van der Waals surface area contributed by atoms with Crippen molar-refractivity contribution in [2.24, 2.45) is 5.92 Å². The predicted octanol–water partition coefficient (Wildman–Crippen LogP) is 0.974.